The van der Waals surface area contributed by atoms with Gasteiger partial charge in [-0.1, -0.05) is 18.2 Å². The van der Waals surface area contributed by atoms with Crippen molar-refractivity contribution >= 4 is 11.5 Å². The minimum absolute atomic E-state index is 0.0614. The van der Waals surface area contributed by atoms with Gasteiger partial charge in [0, 0.05) is 17.9 Å². The highest BCUT2D eigenvalue weighted by Crippen LogP contribution is 2.32. The van der Waals surface area contributed by atoms with Gasteiger partial charge in [0.05, 0.1) is 6.61 Å². The number of benzene rings is 1. The molecule has 0 radical (unpaired) electrons. The molecule has 1 aliphatic heterocycles. The molecule has 0 unspecified atom stereocenters. The second-order valence-electron chi connectivity index (χ2n) is 5.02. The van der Waals surface area contributed by atoms with E-state index in [9.17, 15) is 5.11 Å². The number of hydrogen-bond acceptors (Lipinski definition) is 3. The number of nitrogens with zero attached hydrogens (tertiary/aromatic N) is 2. The van der Waals surface area contributed by atoms with Crippen molar-refractivity contribution in [2.75, 3.05) is 11.4 Å². The molecule has 0 atom stereocenters. The highest BCUT2D eigenvalue weighted by molar-refractivity contribution is 5.65. The summed E-state index contributed by atoms with van der Waals surface area (Å²) in [6, 6.07) is 12.4. The molecular formula is C16H18N2O. The standard InChI is InChI=1S/C16H18N2O/c1-12-9-13(11-19)10-16(17-12)18-8-4-6-14-5-2-3-7-15(14)18/h2-3,5,7,9-10,19H,4,6,8,11H2,1H3. The summed E-state index contributed by atoms with van der Waals surface area (Å²) in [5.41, 5.74) is 4.49. The summed E-state index contributed by atoms with van der Waals surface area (Å²) in [7, 11) is 0. The summed E-state index contributed by atoms with van der Waals surface area (Å²) >= 11 is 0. The number of aromatic nitrogens is 1. The summed E-state index contributed by atoms with van der Waals surface area (Å²) in [4.78, 5) is 6.87. The number of rotatable bonds is 2. The fraction of sp³-hybridized carbons (Fsp3) is 0.312. The molecule has 1 N–H and O–H groups in total. The van der Waals surface area contributed by atoms with Crippen molar-refractivity contribution in [3.8, 4) is 0 Å². The van der Waals surface area contributed by atoms with Crippen molar-refractivity contribution in [3.63, 3.8) is 0 Å². The molecule has 3 nitrogen and oxygen atoms in total. The monoisotopic (exact) mass is 254 g/mol. The predicted molar refractivity (Wildman–Crippen MR) is 76.7 cm³/mol. The van der Waals surface area contributed by atoms with Gasteiger partial charge in [-0.3, -0.25) is 0 Å². The van der Waals surface area contributed by atoms with Gasteiger partial charge in [-0.15, -0.1) is 0 Å². The van der Waals surface area contributed by atoms with E-state index in [1.807, 2.05) is 19.1 Å². The Balaban J connectivity index is 2.06. The summed E-state index contributed by atoms with van der Waals surface area (Å²) < 4.78 is 0. The average molecular weight is 254 g/mol. The molecular weight excluding hydrogens is 236 g/mol. The molecule has 0 amide bonds. The van der Waals surface area contributed by atoms with Crippen LogP contribution >= 0.6 is 0 Å². The van der Waals surface area contributed by atoms with Gasteiger partial charge in [0.1, 0.15) is 5.82 Å². The second kappa shape index (κ2) is 5.02. The van der Waals surface area contributed by atoms with Crippen LogP contribution in [0, 0.1) is 6.92 Å². The van der Waals surface area contributed by atoms with Crippen LogP contribution < -0.4 is 4.90 Å². The van der Waals surface area contributed by atoms with Crippen molar-refractivity contribution in [2.45, 2.75) is 26.4 Å². The topological polar surface area (TPSA) is 36.4 Å². The van der Waals surface area contributed by atoms with E-state index in [0.717, 1.165) is 36.5 Å². The van der Waals surface area contributed by atoms with Crippen molar-refractivity contribution in [2.24, 2.45) is 0 Å². The van der Waals surface area contributed by atoms with Crippen LogP contribution in [-0.2, 0) is 13.0 Å². The number of pyridine rings is 1. The molecule has 19 heavy (non-hydrogen) atoms. The first-order valence-electron chi connectivity index (χ1n) is 6.72. The fourth-order valence-corrected chi connectivity index (χ4v) is 2.72. The molecule has 0 saturated carbocycles. The quantitative estimate of drug-likeness (QED) is 0.895. The van der Waals surface area contributed by atoms with Gasteiger partial charge >= 0.3 is 0 Å². The van der Waals surface area contributed by atoms with Crippen LogP contribution in [0.5, 0.6) is 0 Å². The van der Waals surface area contributed by atoms with Crippen LogP contribution in [0.25, 0.3) is 0 Å². The highest BCUT2D eigenvalue weighted by Gasteiger charge is 2.19. The zero-order chi connectivity index (χ0) is 13.2. The number of aliphatic hydroxyl groups is 1. The lowest BCUT2D eigenvalue weighted by Gasteiger charge is -2.30. The molecule has 0 spiro atoms. The van der Waals surface area contributed by atoms with Gasteiger partial charge in [-0.25, -0.2) is 4.98 Å². The van der Waals surface area contributed by atoms with Crippen LogP contribution in [0.1, 0.15) is 23.2 Å². The maximum Gasteiger partial charge on any atom is 0.133 e. The predicted octanol–water partition coefficient (Wildman–Crippen LogP) is 2.97. The van der Waals surface area contributed by atoms with E-state index in [1.54, 1.807) is 0 Å². The van der Waals surface area contributed by atoms with Gasteiger partial charge in [-0.2, -0.15) is 0 Å². The third-order valence-electron chi connectivity index (χ3n) is 3.57. The van der Waals surface area contributed by atoms with Gasteiger partial charge in [-0.05, 0) is 49.1 Å². The number of aliphatic hydroxyl groups excluding tert-OH is 1. The first-order chi connectivity index (χ1) is 9.28. The Morgan fingerprint density at radius 3 is 2.95 bits per heavy atom. The van der Waals surface area contributed by atoms with Gasteiger partial charge in [0.2, 0.25) is 0 Å². The Morgan fingerprint density at radius 1 is 1.26 bits per heavy atom. The summed E-state index contributed by atoms with van der Waals surface area (Å²) in [6.07, 6.45) is 2.27. The van der Waals surface area contributed by atoms with Crippen molar-refractivity contribution in [1.29, 1.82) is 0 Å². The summed E-state index contributed by atoms with van der Waals surface area (Å²) in [5.74, 6) is 0.941. The number of anilines is 2. The molecule has 2 heterocycles. The van der Waals surface area contributed by atoms with Crippen LogP contribution in [0.3, 0.4) is 0 Å². The minimum Gasteiger partial charge on any atom is -0.392 e. The largest absolute Gasteiger partial charge is 0.392 e. The Bertz CT molecular complexity index is 595. The molecule has 3 heteroatoms. The highest BCUT2D eigenvalue weighted by atomic mass is 16.3. The average Bonchev–Trinajstić information content (AvgIpc) is 2.46. The van der Waals surface area contributed by atoms with E-state index in [1.165, 1.54) is 11.3 Å². The molecule has 3 rings (SSSR count). The smallest absolute Gasteiger partial charge is 0.133 e. The molecule has 0 bridgehead atoms. The van der Waals surface area contributed by atoms with Crippen molar-refractivity contribution in [1.82, 2.24) is 4.98 Å². The molecule has 0 saturated heterocycles. The summed E-state index contributed by atoms with van der Waals surface area (Å²) in [6.45, 7) is 3.02. The van der Waals surface area contributed by atoms with Gasteiger partial charge in [0.25, 0.3) is 0 Å². The zero-order valence-electron chi connectivity index (χ0n) is 11.1. The SMILES string of the molecule is Cc1cc(CO)cc(N2CCCc3ccccc32)n1. The first-order valence-corrected chi connectivity index (χ1v) is 6.72. The van der Waals surface area contributed by atoms with E-state index >= 15 is 0 Å². The molecule has 0 fully saturated rings. The number of hydrogen-bond donors (Lipinski definition) is 1. The maximum atomic E-state index is 9.33. The molecule has 2 aromatic rings. The van der Waals surface area contributed by atoms with Crippen LogP contribution in [0.2, 0.25) is 0 Å². The van der Waals surface area contributed by atoms with Crippen LogP contribution in [0.15, 0.2) is 36.4 Å². The van der Waals surface area contributed by atoms with Crippen molar-refractivity contribution in [3.05, 3.63) is 53.2 Å². The van der Waals surface area contributed by atoms with Crippen molar-refractivity contribution < 1.29 is 5.11 Å². The maximum absolute atomic E-state index is 9.33. The second-order valence-corrected chi connectivity index (χ2v) is 5.02. The molecule has 1 aromatic heterocycles. The van der Waals surface area contributed by atoms with Gasteiger partial charge < -0.3 is 10.0 Å². The summed E-state index contributed by atoms with van der Waals surface area (Å²) in [5, 5.41) is 9.33. The Kier molecular flexibility index (Phi) is 3.22. The van der Waals surface area contributed by atoms with E-state index in [2.05, 4.69) is 34.1 Å². The molecule has 0 aliphatic carbocycles. The third-order valence-corrected chi connectivity index (χ3v) is 3.57. The number of para-hydroxylation sites is 1. The molecule has 98 valence electrons. The molecule has 1 aromatic carbocycles. The molecule has 1 aliphatic rings. The number of fused-ring (bicyclic) bond motifs is 1. The van der Waals surface area contributed by atoms with E-state index in [0.29, 0.717) is 0 Å². The lowest BCUT2D eigenvalue weighted by molar-refractivity contribution is 0.281. The Labute approximate surface area is 113 Å². The lowest BCUT2D eigenvalue weighted by Crippen LogP contribution is -2.25. The number of aryl methyl sites for hydroxylation is 2. The Hall–Kier alpha value is -1.87. The van der Waals surface area contributed by atoms with Crippen LogP contribution in [-0.4, -0.2) is 16.6 Å². The normalized spacial score (nSPS) is 14.3. The minimum atomic E-state index is 0.0614. The van der Waals surface area contributed by atoms with E-state index < -0.39 is 0 Å². The van der Waals surface area contributed by atoms with Crippen LogP contribution in [0.4, 0.5) is 11.5 Å². The lowest BCUT2D eigenvalue weighted by atomic mass is 10.0. The van der Waals surface area contributed by atoms with E-state index in [4.69, 9.17) is 0 Å². The fourth-order valence-electron chi connectivity index (χ4n) is 2.72. The zero-order valence-corrected chi connectivity index (χ0v) is 11.1. The third kappa shape index (κ3) is 2.34. The Morgan fingerprint density at radius 2 is 2.11 bits per heavy atom. The first kappa shape index (κ1) is 12.2. The van der Waals surface area contributed by atoms with E-state index in [-0.39, 0.29) is 6.61 Å². The van der Waals surface area contributed by atoms with Gasteiger partial charge in [0.15, 0.2) is 0 Å².